The molecule has 0 aliphatic rings. The van der Waals surface area contributed by atoms with Crippen LogP contribution in [0.1, 0.15) is 17.3 Å². The molecule has 3 rings (SSSR count). The number of aryl methyl sites for hydroxylation is 2. The number of pyridine rings is 1. The Morgan fingerprint density at radius 1 is 1.29 bits per heavy atom. The number of rotatable bonds is 4. The van der Waals surface area contributed by atoms with Gasteiger partial charge in [0.05, 0.1) is 12.2 Å². The van der Waals surface area contributed by atoms with Crippen molar-refractivity contribution in [2.75, 3.05) is 5.88 Å². The summed E-state index contributed by atoms with van der Waals surface area (Å²) in [7, 11) is 0. The van der Waals surface area contributed by atoms with Crippen LogP contribution in [0.5, 0.6) is 0 Å². The molecule has 0 atom stereocenters. The van der Waals surface area contributed by atoms with Crippen LogP contribution in [-0.4, -0.2) is 30.4 Å². The van der Waals surface area contributed by atoms with Crippen molar-refractivity contribution in [3.8, 4) is 0 Å². The van der Waals surface area contributed by atoms with Crippen molar-refractivity contribution in [3.63, 3.8) is 0 Å². The Hall–Kier alpha value is -1.53. The van der Waals surface area contributed by atoms with Crippen LogP contribution >= 0.6 is 27.5 Å². The van der Waals surface area contributed by atoms with Gasteiger partial charge in [-0.3, -0.25) is 0 Å². The van der Waals surface area contributed by atoms with Gasteiger partial charge in [-0.1, -0.05) is 0 Å². The molecule has 5 nitrogen and oxygen atoms in total. The minimum Gasteiger partial charge on any atom is -0.307 e. The van der Waals surface area contributed by atoms with Gasteiger partial charge in [0, 0.05) is 29.2 Å². The Bertz CT molecular complexity index is 786. The largest absolute Gasteiger partial charge is 0.307 e. The summed E-state index contributed by atoms with van der Waals surface area (Å²) in [5.74, 6) is 2.20. The van der Waals surface area contributed by atoms with Gasteiger partial charge in [-0.25, -0.2) is 19.9 Å². The lowest BCUT2D eigenvalue weighted by Crippen LogP contribution is -2.08. The maximum absolute atomic E-state index is 5.89. The van der Waals surface area contributed by atoms with Crippen molar-refractivity contribution in [1.82, 2.24) is 24.5 Å². The van der Waals surface area contributed by atoms with Crippen LogP contribution in [0.25, 0.3) is 11.2 Å². The van der Waals surface area contributed by atoms with E-state index in [1.165, 1.54) is 0 Å². The smallest absolute Gasteiger partial charge is 0.160 e. The van der Waals surface area contributed by atoms with E-state index < -0.39 is 0 Å². The highest BCUT2D eigenvalue weighted by atomic mass is 79.9. The van der Waals surface area contributed by atoms with Crippen LogP contribution in [0.4, 0.5) is 0 Å². The zero-order valence-electron chi connectivity index (χ0n) is 11.4. The molecule has 0 aliphatic carbocycles. The van der Waals surface area contributed by atoms with E-state index in [4.69, 9.17) is 11.6 Å². The summed E-state index contributed by atoms with van der Waals surface area (Å²) in [4.78, 5) is 17.7. The normalized spacial score (nSPS) is 11.2. The number of aromatic nitrogens is 5. The van der Waals surface area contributed by atoms with Gasteiger partial charge in [-0.15, -0.1) is 11.6 Å². The van der Waals surface area contributed by atoms with Crippen LogP contribution in [0.2, 0.25) is 0 Å². The number of nitrogens with zero attached hydrogens (tertiary/aromatic N) is 5. The lowest BCUT2D eigenvalue weighted by molar-refractivity contribution is 0.724. The summed E-state index contributed by atoms with van der Waals surface area (Å²) in [6.07, 6.45) is 4.23. The summed E-state index contributed by atoms with van der Waals surface area (Å²) in [6.45, 7) is 2.49. The van der Waals surface area contributed by atoms with Gasteiger partial charge >= 0.3 is 0 Å². The Morgan fingerprint density at radius 3 is 2.90 bits per heavy atom. The van der Waals surface area contributed by atoms with Crippen molar-refractivity contribution in [2.24, 2.45) is 0 Å². The second-order valence-electron chi connectivity index (χ2n) is 4.64. The molecule has 0 N–H and O–H groups in total. The van der Waals surface area contributed by atoms with Crippen LogP contribution in [0.3, 0.4) is 0 Å². The Kier molecular flexibility index (Phi) is 4.17. The van der Waals surface area contributed by atoms with E-state index in [9.17, 15) is 0 Å². The third-order valence-corrected chi connectivity index (χ3v) is 3.73. The Morgan fingerprint density at radius 2 is 2.14 bits per heavy atom. The molecule has 3 aromatic heterocycles. The van der Waals surface area contributed by atoms with E-state index in [0.717, 1.165) is 33.0 Å². The van der Waals surface area contributed by atoms with E-state index in [-0.39, 0.29) is 0 Å². The molecule has 7 heteroatoms. The maximum atomic E-state index is 5.89. The van der Waals surface area contributed by atoms with Gasteiger partial charge in [0.1, 0.15) is 17.2 Å². The number of halogens is 2. The molecule has 0 unspecified atom stereocenters. The summed E-state index contributed by atoms with van der Waals surface area (Å²) in [5.41, 5.74) is 2.63. The summed E-state index contributed by atoms with van der Waals surface area (Å²) < 4.78 is 2.97. The summed E-state index contributed by atoms with van der Waals surface area (Å²) in [5, 5.41) is 0. The lowest BCUT2D eigenvalue weighted by atomic mass is 10.3. The zero-order valence-corrected chi connectivity index (χ0v) is 13.8. The van der Waals surface area contributed by atoms with Crippen molar-refractivity contribution >= 4 is 38.7 Å². The van der Waals surface area contributed by atoms with Gasteiger partial charge < -0.3 is 4.57 Å². The fraction of sp³-hybridized carbons (Fsp3) is 0.286. The molecule has 108 valence electrons. The molecule has 0 aromatic carbocycles. The average Bonchev–Trinajstić information content (AvgIpc) is 2.76. The average molecular weight is 367 g/mol. The van der Waals surface area contributed by atoms with Gasteiger partial charge in [-0.05, 0) is 35.0 Å². The number of hydrogen-bond donors (Lipinski definition) is 0. The topological polar surface area (TPSA) is 56.5 Å². The quantitative estimate of drug-likeness (QED) is 0.666. The van der Waals surface area contributed by atoms with Crippen LogP contribution in [-0.2, 0) is 13.0 Å². The second kappa shape index (κ2) is 6.07. The van der Waals surface area contributed by atoms with Gasteiger partial charge in [0.2, 0.25) is 0 Å². The first-order chi connectivity index (χ1) is 10.2. The lowest BCUT2D eigenvalue weighted by Gasteiger charge is -2.07. The minimum absolute atomic E-state index is 0.521. The van der Waals surface area contributed by atoms with Crippen molar-refractivity contribution < 1.29 is 0 Å². The SMILES string of the molecule is Cc1nccc(Cn2c(CCCl)nc3cc(Br)cnc32)n1. The number of imidazole rings is 1. The fourth-order valence-electron chi connectivity index (χ4n) is 2.23. The van der Waals surface area contributed by atoms with E-state index in [1.807, 2.05) is 19.1 Å². The van der Waals surface area contributed by atoms with E-state index in [2.05, 4.69) is 40.4 Å². The molecular weight excluding hydrogens is 354 g/mol. The molecule has 0 saturated heterocycles. The predicted molar refractivity (Wildman–Crippen MR) is 85.5 cm³/mol. The third-order valence-electron chi connectivity index (χ3n) is 3.10. The molecule has 0 bridgehead atoms. The molecular formula is C14H13BrClN5. The molecule has 0 saturated carbocycles. The first kappa shape index (κ1) is 14.4. The van der Waals surface area contributed by atoms with E-state index >= 15 is 0 Å². The molecule has 0 spiro atoms. The highest BCUT2D eigenvalue weighted by Crippen LogP contribution is 2.20. The first-order valence-corrected chi connectivity index (χ1v) is 7.85. The highest BCUT2D eigenvalue weighted by molar-refractivity contribution is 9.10. The van der Waals surface area contributed by atoms with Crippen LogP contribution in [0.15, 0.2) is 29.0 Å². The second-order valence-corrected chi connectivity index (χ2v) is 5.94. The van der Waals surface area contributed by atoms with Crippen molar-refractivity contribution in [1.29, 1.82) is 0 Å². The van der Waals surface area contributed by atoms with Gasteiger partial charge in [0.25, 0.3) is 0 Å². The minimum atomic E-state index is 0.521. The number of alkyl halides is 1. The maximum Gasteiger partial charge on any atom is 0.160 e. The molecule has 21 heavy (non-hydrogen) atoms. The molecule has 3 aromatic rings. The van der Waals surface area contributed by atoms with Crippen molar-refractivity contribution in [2.45, 2.75) is 19.9 Å². The first-order valence-electron chi connectivity index (χ1n) is 6.52. The Labute approximate surface area is 135 Å². The molecule has 0 fully saturated rings. The monoisotopic (exact) mass is 365 g/mol. The van der Waals surface area contributed by atoms with Gasteiger partial charge in [-0.2, -0.15) is 0 Å². The summed E-state index contributed by atoms with van der Waals surface area (Å²) >= 11 is 9.31. The molecule has 0 amide bonds. The molecule has 3 heterocycles. The summed E-state index contributed by atoms with van der Waals surface area (Å²) in [6, 6.07) is 3.87. The van der Waals surface area contributed by atoms with Gasteiger partial charge in [0.15, 0.2) is 5.65 Å². The van der Waals surface area contributed by atoms with E-state index in [1.54, 1.807) is 12.4 Å². The zero-order chi connectivity index (χ0) is 14.8. The predicted octanol–water partition coefficient (Wildman–Crippen LogP) is 3.12. The number of fused-ring (bicyclic) bond motifs is 1. The fourth-order valence-corrected chi connectivity index (χ4v) is 2.72. The molecule has 0 aliphatic heterocycles. The third kappa shape index (κ3) is 3.06. The van der Waals surface area contributed by atoms with Crippen molar-refractivity contribution in [3.05, 3.63) is 46.3 Å². The highest BCUT2D eigenvalue weighted by Gasteiger charge is 2.13. The van der Waals surface area contributed by atoms with Crippen LogP contribution < -0.4 is 0 Å². The van der Waals surface area contributed by atoms with E-state index in [0.29, 0.717) is 18.8 Å². The molecule has 0 radical (unpaired) electrons. The number of hydrogen-bond acceptors (Lipinski definition) is 4. The Balaban J connectivity index is 2.08. The van der Waals surface area contributed by atoms with Crippen LogP contribution in [0, 0.1) is 6.92 Å². The standard InChI is InChI=1S/C14H13BrClN5/c1-9-17-5-3-11(19-9)8-21-13(2-4-16)20-12-6-10(15)7-18-14(12)21/h3,5-7H,2,4,8H2,1H3.